The summed E-state index contributed by atoms with van der Waals surface area (Å²) in [5.41, 5.74) is 0. The van der Waals surface area contributed by atoms with Crippen LogP contribution in [0.2, 0.25) is 0 Å². The minimum atomic E-state index is -3.47. The van der Waals surface area contributed by atoms with Crippen LogP contribution in [0.5, 0.6) is 0 Å². The van der Waals surface area contributed by atoms with E-state index >= 15 is 0 Å². The molecule has 0 aromatic carbocycles. The summed E-state index contributed by atoms with van der Waals surface area (Å²) < 4.78 is 32.1. The van der Waals surface area contributed by atoms with E-state index in [-0.39, 0.29) is 5.09 Å². The van der Waals surface area contributed by atoms with Crippen LogP contribution in [0.1, 0.15) is 38.9 Å². The van der Waals surface area contributed by atoms with Crippen molar-refractivity contribution in [2.75, 3.05) is 19.6 Å². The lowest BCUT2D eigenvalue weighted by atomic mass is 9.97. The maximum Gasteiger partial charge on any atom is 0.276 e. The van der Waals surface area contributed by atoms with Crippen molar-refractivity contribution < 1.29 is 12.8 Å². The fourth-order valence-corrected chi connectivity index (χ4v) is 4.03. The van der Waals surface area contributed by atoms with Crippen LogP contribution in [-0.4, -0.2) is 32.4 Å². The summed E-state index contributed by atoms with van der Waals surface area (Å²) in [4.78, 5) is 0. The first-order valence-electron chi connectivity index (χ1n) is 7.37. The smallest absolute Gasteiger partial charge is 0.276 e. The fourth-order valence-electron chi connectivity index (χ4n) is 2.55. The largest absolute Gasteiger partial charge is 0.447 e. The number of piperidine rings is 1. The first-order valence-corrected chi connectivity index (χ1v) is 8.81. The predicted octanol–water partition coefficient (Wildman–Crippen LogP) is 2.20. The molecule has 0 spiro atoms. The van der Waals surface area contributed by atoms with Gasteiger partial charge in [-0.15, -0.1) is 0 Å². The van der Waals surface area contributed by atoms with Gasteiger partial charge in [-0.05, 0) is 37.4 Å². The zero-order valence-electron chi connectivity index (χ0n) is 12.3. The van der Waals surface area contributed by atoms with E-state index in [9.17, 15) is 8.42 Å². The van der Waals surface area contributed by atoms with Gasteiger partial charge in [-0.25, -0.2) is 8.42 Å². The first kappa shape index (κ1) is 15.5. The number of nitrogens with zero attached hydrogens (tertiary/aromatic N) is 1. The Hall–Kier alpha value is -0.850. The highest BCUT2D eigenvalue weighted by Gasteiger charge is 2.31. The van der Waals surface area contributed by atoms with Crippen molar-refractivity contribution in [3.8, 4) is 0 Å². The summed E-state index contributed by atoms with van der Waals surface area (Å²) in [6, 6.07) is 3.30. The molecule has 20 heavy (non-hydrogen) atoms. The summed E-state index contributed by atoms with van der Waals surface area (Å²) in [5, 5.41) is 3.19. The number of rotatable bonds is 6. The molecule has 1 aromatic heterocycles. The van der Waals surface area contributed by atoms with Crippen LogP contribution < -0.4 is 5.32 Å². The lowest BCUT2D eigenvalue weighted by molar-refractivity contribution is 0.255. The summed E-state index contributed by atoms with van der Waals surface area (Å²) in [7, 11) is -3.47. The van der Waals surface area contributed by atoms with Crippen molar-refractivity contribution in [1.29, 1.82) is 0 Å². The lowest BCUT2D eigenvalue weighted by Crippen LogP contribution is -2.39. The molecule has 6 heteroatoms. The molecule has 2 heterocycles. The van der Waals surface area contributed by atoms with E-state index in [1.54, 1.807) is 16.4 Å². The Balaban J connectivity index is 2.11. The van der Waals surface area contributed by atoms with Gasteiger partial charge in [-0.1, -0.05) is 20.3 Å². The number of sulfonamides is 1. The summed E-state index contributed by atoms with van der Waals surface area (Å²) in [6.07, 6.45) is 3.07. The quantitative estimate of drug-likeness (QED) is 0.875. The Morgan fingerprint density at radius 1 is 1.40 bits per heavy atom. The normalized spacial score (nSPS) is 21.2. The molecule has 114 valence electrons. The molecule has 0 saturated carbocycles. The number of hydrogen-bond donors (Lipinski definition) is 1. The molecule has 1 aliphatic rings. The molecule has 1 fully saturated rings. The Kier molecular flexibility index (Phi) is 5.23. The van der Waals surface area contributed by atoms with E-state index in [4.69, 9.17) is 4.42 Å². The second kappa shape index (κ2) is 6.74. The molecular weight excluding hydrogens is 276 g/mol. The maximum atomic E-state index is 12.5. The van der Waals surface area contributed by atoms with Gasteiger partial charge in [0.2, 0.25) is 5.09 Å². The number of hydrogen-bond acceptors (Lipinski definition) is 4. The van der Waals surface area contributed by atoms with Crippen molar-refractivity contribution in [3.05, 3.63) is 17.9 Å². The van der Waals surface area contributed by atoms with Crippen LogP contribution in [0.3, 0.4) is 0 Å². The van der Waals surface area contributed by atoms with Gasteiger partial charge in [-0.3, -0.25) is 0 Å². The molecule has 5 nitrogen and oxygen atoms in total. The van der Waals surface area contributed by atoms with Gasteiger partial charge in [-0.2, -0.15) is 4.31 Å². The van der Waals surface area contributed by atoms with Crippen LogP contribution >= 0.6 is 0 Å². The molecule has 0 aliphatic carbocycles. The van der Waals surface area contributed by atoms with Crippen LogP contribution in [0, 0.1) is 5.92 Å². The van der Waals surface area contributed by atoms with E-state index in [1.807, 2.05) is 6.92 Å². The number of nitrogens with one attached hydrogen (secondary N) is 1. The van der Waals surface area contributed by atoms with Crippen molar-refractivity contribution in [3.63, 3.8) is 0 Å². The highest BCUT2D eigenvalue weighted by Crippen LogP contribution is 2.26. The molecule has 1 aliphatic heterocycles. The van der Waals surface area contributed by atoms with E-state index < -0.39 is 10.0 Å². The average Bonchev–Trinajstić information content (AvgIpc) is 2.94. The zero-order chi connectivity index (χ0) is 14.6. The van der Waals surface area contributed by atoms with Crippen LogP contribution in [0.25, 0.3) is 0 Å². The van der Waals surface area contributed by atoms with Gasteiger partial charge in [0.25, 0.3) is 10.0 Å². The van der Waals surface area contributed by atoms with Crippen molar-refractivity contribution in [2.45, 2.75) is 44.7 Å². The first-order chi connectivity index (χ1) is 9.57. The van der Waals surface area contributed by atoms with Crippen molar-refractivity contribution in [2.24, 2.45) is 5.92 Å². The third kappa shape index (κ3) is 3.42. The van der Waals surface area contributed by atoms with Gasteiger partial charge >= 0.3 is 0 Å². The van der Waals surface area contributed by atoms with Crippen LogP contribution in [-0.2, 0) is 16.6 Å². The third-order valence-corrected chi connectivity index (χ3v) is 5.58. The monoisotopic (exact) mass is 300 g/mol. The van der Waals surface area contributed by atoms with Gasteiger partial charge < -0.3 is 9.73 Å². The van der Waals surface area contributed by atoms with Gasteiger partial charge in [0.05, 0.1) is 6.54 Å². The number of furan rings is 1. The Morgan fingerprint density at radius 3 is 2.90 bits per heavy atom. The minimum absolute atomic E-state index is 0.0714. The zero-order valence-corrected chi connectivity index (χ0v) is 13.1. The van der Waals surface area contributed by atoms with Gasteiger partial charge in [0.15, 0.2) is 0 Å². The second-order valence-corrected chi connectivity index (χ2v) is 7.15. The molecule has 0 amide bonds. The molecule has 1 saturated heterocycles. The van der Waals surface area contributed by atoms with Crippen molar-refractivity contribution >= 4 is 10.0 Å². The molecule has 1 aromatic rings. The van der Waals surface area contributed by atoms with Crippen LogP contribution in [0.4, 0.5) is 0 Å². The van der Waals surface area contributed by atoms with Crippen LogP contribution in [0.15, 0.2) is 21.6 Å². The molecule has 0 radical (unpaired) electrons. The van der Waals surface area contributed by atoms with Crippen molar-refractivity contribution in [1.82, 2.24) is 9.62 Å². The summed E-state index contributed by atoms with van der Waals surface area (Å²) >= 11 is 0. The maximum absolute atomic E-state index is 12.5. The SMILES string of the molecule is CCNCc1ccc(S(=O)(=O)N2CCCC(CC)C2)o1. The van der Waals surface area contributed by atoms with E-state index in [0.717, 1.165) is 25.8 Å². The van der Waals surface area contributed by atoms with E-state index in [0.29, 0.717) is 31.3 Å². The third-order valence-electron chi connectivity index (χ3n) is 3.84. The molecule has 2 rings (SSSR count). The molecular formula is C14H24N2O3S. The highest BCUT2D eigenvalue weighted by atomic mass is 32.2. The van der Waals surface area contributed by atoms with Gasteiger partial charge in [0, 0.05) is 13.1 Å². The second-order valence-electron chi connectivity index (χ2n) is 5.28. The standard InChI is InChI=1S/C14H24N2O3S/c1-3-12-6-5-9-16(11-12)20(17,18)14-8-7-13(19-14)10-15-4-2/h7-8,12,15H,3-6,9-11H2,1-2H3. The summed E-state index contributed by atoms with van der Waals surface area (Å²) in [6.45, 7) is 6.71. The van der Waals surface area contributed by atoms with E-state index in [1.165, 1.54) is 0 Å². The lowest BCUT2D eigenvalue weighted by Gasteiger charge is -2.30. The predicted molar refractivity (Wildman–Crippen MR) is 77.9 cm³/mol. The topological polar surface area (TPSA) is 62.6 Å². The Labute approximate surface area is 121 Å². The minimum Gasteiger partial charge on any atom is -0.447 e. The molecule has 1 atom stereocenters. The fraction of sp³-hybridized carbons (Fsp3) is 0.714. The molecule has 1 unspecified atom stereocenters. The Morgan fingerprint density at radius 2 is 2.20 bits per heavy atom. The molecule has 0 bridgehead atoms. The van der Waals surface area contributed by atoms with Gasteiger partial charge in [0.1, 0.15) is 5.76 Å². The Bertz CT molecular complexity index is 524. The molecule has 1 N–H and O–H groups in total. The average molecular weight is 300 g/mol. The van der Waals surface area contributed by atoms with E-state index in [2.05, 4.69) is 12.2 Å². The highest BCUT2D eigenvalue weighted by molar-refractivity contribution is 7.89. The summed E-state index contributed by atoms with van der Waals surface area (Å²) in [5.74, 6) is 1.13.